The monoisotopic (exact) mass is 428 g/mol. The lowest BCUT2D eigenvalue weighted by atomic mass is 9.86. The van der Waals surface area contributed by atoms with Crippen LogP contribution >= 0.6 is 0 Å². The van der Waals surface area contributed by atoms with Gasteiger partial charge in [0.1, 0.15) is 5.82 Å². The van der Waals surface area contributed by atoms with Gasteiger partial charge >= 0.3 is 5.69 Å². The molecule has 3 N–H and O–H groups in total. The zero-order valence-electron chi connectivity index (χ0n) is 18.1. The molecule has 0 saturated heterocycles. The number of amides is 1. The Hall–Kier alpha value is -2.87. The molecule has 1 amide bonds. The number of ether oxygens (including phenoxy) is 1. The predicted octanol–water partition coefficient (Wildman–Crippen LogP) is 2.51. The summed E-state index contributed by atoms with van der Waals surface area (Å²) in [5.74, 6) is 0.356. The highest BCUT2D eigenvalue weighted by molar-refractivity contribution is 5.95. The molecule has 0 spiro atoms. The van der Waals surface area contributed by atoms with E-state index in [1.165, 1.54) is 35.8 Å². The molecule has 31 heavy (non-hydrogen) atoms. The molecule has 8 heteroatoms. The van der Waals surface area contributed by atoms with Crippen LogP contribution in [0.2, 0.25) is 0 Å². The van der Waals surface area contributed by atoms with Crippen LogP contribution in [0.1, 0.15) is 50.5 Å². The lowest BCUT2D eigenvalue weighted by Gasteiger charge is -2.26. The summed E-state index contributed by atoms with van der Waals surface area (Å²) in [6, 6.07) is 9.35. The van der Waals surface area contributed by atoms with Crippen LogP contribution in [0.4, 0.5) is 11.5 Å². The Morgan fingerprint density at radius 3 is 2.58 bits per heavy atom. The number of anilines is 2. The Kier molecular flexibility index (Phi) is 8.06. The molecule has 1 aliphatic carbocycles. The van der Waals surface area contributed by atoms with Crippen LogP contribution in [-0.4, -0.2) is 35.7 Å². The summed E-state index contributed by atoms with van der Waals surface area (Å²) in [6.45, 7) is 0.645. The minimum absolute atomic E-state index is 0.0141. The molecule has 1 saturated carbocycles. The van der Waals surface area contributed by atoms with Gasteiger partial charge in [-0.25, -0.2) is 4.79 Å². The third kappa shape index (κ3) is 5.85. The molecule has 8 nitrogen and oxygen atoms in total. The van der Waals surface area contributed by atoms with Gasteiger partial charge in [0.05, 0.1) is 13.2 Å². The molecular formula is C23H32N4O4. The maximum absolute atomic E-state index is 13.1. The van der Waals surface area contributed by atoms with Gasteiger partial charge in [0.25, 0.3) is 5.56 Å². The Bertz CT molecular complexity index is 977. The van der Waals surface area contributed by atoms with Gasteiger partial charge < -0.3 is 15.4 Å². The zero-order chi connectivity index (χ0) is 22.2. The SMILES string of the molecule is COCCN(C(=O)CCC1CCCCC1)c1c(N)n(Cc2ccccc2)c(=O)[nH]c1=O. The number of aromatic amines is 1. The number of aromatic nitrogens is 2. The van der Waals surface area contributed by atoms with Crippen LogP contribution < -0.4 is 21.9 Å². The minimum Gasteiger partial charge on any atom is -0.383 e. The fraction of sp³-hybridized carbons (Fsp3) is 0.522. The van der Waals surface area contributed by atoms with Crippen molar-refractivity contribution in [2.45, 2.75) is 51.5 Å². The van der Waals surface area contributed by atoms with Crippen molar-refractivity contribution in [3.8, 4) is 0 Å². The minimum atomic E-state index is -0.658. The molecule has 3 rings (SSSR count). The number of carbonyl (C=O) groups is 1. The van der Waals surface area contributed by atoms with E-state index < -0.39 is 11.2 Å². The van der Waals surface area contributed by atoms with Crippen LogP contribution in [0.5, 0.6) is 0 Å². The van der Waals surface area contributed by atoms with E-state index in [9.17, 15) is 14.4 Å². The molecular weight excluding hydrogens is 396 g/mol. The number of nitrogens with zero attached hydrogens (tertiary/aromatic N) is 2. The molecule has 1 aromatic carbocycles. The Morgan fingerprint density at radius 2 is 1.90 bits per heavy atom. The molecule has 0 bridgehead atoms. The highest BCUT2D eigenvalue weighted by Crippen LogP contribution is 2.28. The van der Waals surface area contributed by atoms with E-state index in [2.05, 4.69) is 4.98 Å². The summed E-state index contributed by atoms with van der Waals surface area (Å²) in [5, 5.41) is 0. The van der Waals surface area contributed by atoms with Crippen LogP contribution in [0.3, 0.4) is 0 Å². The number of hydrogen-bond donors (Lipinski definition) is 2. The summed E-state index contributed by atoms with van der Waals surface area (Å²) in [6.07, 6.45) is 7.12. The molecule has 1 aliphatic rings. The fourth-order valence-electron chi connectivity index (χ4n) is 4.24. The highest BCUT2D eigenvalue weighted by Gasteiger charge is 2.25. The highest BCUT2D eigenvalue weighted by atomic mass is 16.5. The number of nitrogens with two attached hydrogens (primary N) is 1. The third-order valence-corrected chi connectivity index (χ3v) is 5.98. The molecule has 168 valence electrons. The number of H-pyrrole nitrogens is 1. The predicted molar refractivity (Wildman–Crippen MR) is 121 cm³/mol. The summed E-state index contributed by atoms with van der Waals surface area (Å²) in [7, 11) is 1.54. The molecule has 0 aliphatic heterocycles. The number of nitrogen functional groups attached to an aromatic ring is 1. The van der Waals surface area contributed by atoms with Gasteiger partial charge in [-0.2, -0.15) is 0 Å². The second-order valence-electron chi connectivity index (χ2n) is 8.15. The van der Waals surface area contributed by atoms with Gasteiger partial charge in [-0.15, -0.1) is 0 Å². The first-order valence-electron chi connectivity index (χ1n) is 11.0. The zero-order valence-corrected chi connectivity index (χ0v) is 18.1. The van der Waals surface area contributed by atoms with Crippen molar-refractivity contribution in [1.82, 2.24) is 9.55 Å². The van der Waals surface area contributed by atoms with Gasteiger partial charge in [-0.05, 0) is 17.9 Å². The van der Waals surface area contributed by atoms with E-state index in [0.29, 0.717) is 12.3 Å². The van der Waals surface area contributed by atoms with Crippen molar-refractivity contribution in [1.29, 1.82) is 0 Å². The maximum atomic E-state index is 13.1. The number of hydrogen-bond acceptors (Lipinski definition) is 5. The molecule has 0 unspecified atom stereocenters. The third-order valence-electron chi connectivity index (χ3n) is 5.98. The number of benzene rings is 1. The number of carbonyl (C=O) groups excluding carboxylic acids is 1. The maximum Gasteiger partial charge on any atom is 0.330 e. The first kappa shape index (κ1) is 22.8. The van der Waals surface area contributed by atoms with Crippen LogP contribution in [0.25, 0.3) is 0 Å². The van der Waals surface area contributed by atoms with Crippen LogP contribution in [0.15, 0.2) is 39.9 Å². The van der Waals surface area contributed by atoms with Gasteiger partial charge in [0.2, 0.25) is 5.91 Å². The summed E-state index contributed by atoms with van der Waals surface area (Å²) < 4.78 is 6.44. The number of methoxy groups -OCH3 is 1. The van der Waals surface area contributed by atoms with Crippen molar-refractivity contribution in [3.63, 3.8) is 0 Å². The van der Waals surface area contributed by atoms with Crippen molar-refractivity contribution in [2.24, 2.45) is 5.92 Å². The normalized spacial score (nSPS) is 14.5. The average molecular weight is 429 g/mol. The molecule has 0 radical (unpaired) electrons. The van der Waals surface area contributed by atoms with E-state index in [1.807, 2.05) is 30.3 Å². The molecule has 1 aromatic heterocycles. The van der Waals surface area contributed by atoms with Gasteiger partial charge in [-0.1, -0.05) is 62.4 Å². The average Bonchev–Trinajstić information content (AvgIpc) is 2.78. The van der Waals surface area contributed by atoms with Crippen LogP contribution in [0, 0.1) is 5.92 Å². The van der Waals surface area contributed by atoms with E-state index in [4.69, 9.17) is 10.5 Å². The van der Waals surface area contributed by atoms with Gasteiger partial charge in [-0.3, -0.25) is 19.1 Å². The van der Waals surface area contributed by atoms with Gasteiger partial charge in [0.15, 0.2) is 5.69 Å². The van der Waals surface area contributed by atoms with E-state index in [0.717, 1.165) is 24.8 Å². The molecule has 2 aromatic rings. The van der Waals surface area contributed by atoms with E-state index >= 15 is 0 Å². The summed E-state index contributed by atoms with van der Waals surface area (Å²) in [5.41, 5.74) is 5.91. The van der Waals surface area contributed by atoms with Crippen molar-refractivity contribution in [3.05, 3.63) is 56.7 Å². The standard InChI is InChI=1S/C23H32N4O4/c1-31-15-14-26(19(28)13-12-17-8-4-2-5-9-17)20-21(24)27(23(30)25-22(20)29)16-18-10-6-3-7-11-18/h3,6-7,10-11,17H,2,4-5,8-9,12-16,24H2,1H3,(H,25,29,30). The molecule has 1 heterocycles. The first-order valence-corrected chi connectivity index (χ1v) is 11.0. The Morgan fingerprint density at radius 1 is 1.19 bits per heavy atom. The second-order valence-corrected chi connectivity index (χ2v) is 8.15. The first-order chi connectivity index (χ1) is 15.0. The second kappa shape index (κ2) is 10.9. The molecule has 1 fully saturated rings. The number of nitrogens with one attached hydrogen (secondary N) is 1. The van der Waals surface area contributed by atoms with Crippen molar-refractivity contribution < 1.29 is 9.53 Å². The summed E-state index contributed by atoms with van der Waals surface area (Å²) in [4.78, 5) is 42.0. The van der Waals surface area contributed by atoms with Crippen molar-refractivity contribution >= 4 is 17.4 Å². The quantitative estimate of drug-likeness (QED) is 0.638. The lowest BCUT2D eigenvalue weighted by molar-refractivity contribution is -0.119. The topological polar surface area (TPSA) is 110 Å². The fourth-order valence-corrected chi connectivity index (χ4v) is 4.24. The Balaban J connectivity index is 1.88. The number of rotatable bonds is 9. The van der Waals surface area contributed by atoms with E-state index in [1.54, 1.807) is 0 Å². The molecule has 0 atom stereocenters. The lowest BCUT2D eigenvalue weighted by Crippen LogP contribution is -2.42. The Labute approximate surface area is 182 Å². The van der Waals surface area contributed by atoms with E-state index in [-0.39, 0.29) is 37.1 Å². The van der Waals surface area contributed by atoms with Gasteiger partial charge in [0, 0.05) is 20.1 Å². The largest absolute Gasteiger partial charge is 0.383 e. The van der Waals surface area contributed by atoms with Crippen LogP contribution in [-0.2, 0) is 16.1 Å². The smallest absolute Gasteiger partial charge is 0.330 e. The summed E-state index contributed by atoms with van der Waals surface area (Å²) >= 11 is 0. The van der Waals surface area contributed by atoms with Crippen molar-refractivity contribution in [2.75, 3.05) is 30.9 Å².